The number of hydrogen-bond acceptors (Lipinski definition) is 5. The Labute approximate surface area is 54.3 Å². The first-order chi connectivity index (χ1) is 4.75. The number of tetrazole rings is 1. The van der Waals surface area contributed by atoms with E-state index in [1.54, 1.807) is 0 Å². The fourth-order valence-corrected chi connectivity index (χ4v) is 0.404. The predicted molar refractivity (Wildman–Crippen MR) is 26.6 cm³/mol. The van der Waals surface area contributed by atoms with Gasteiger partial charge < -0.3 is 5.11 Å². The third-order valence-electron chi connectivity index (χ3n) is 0.780. The molecule has 0 atom stereocenters. The topological polar surface area (TPSA) is 98.0 Å². The van der Waals surface area contributed by atoms with Crippen LogP contribution in [-0.4, -0.2) is 37.7 Å². The van der Waals surface area contributed by atoms with Crippen LogP contribution in [0, 0.1) is 0 Å². The van der Waals surface area contributed by atoms with Gasteiger partial charge in [-0.3, -0.25) is 4.79 Å². The van der Waals surface area contributed by atoms with E-state index in [2.05, 4.69) is 15.5 Å². The standard InChI is InChI=1S/C3H2N4O3/c8-1-2-4-5-6-7(2)3(9)10/h1H,(H,9,10). The van der Waals surface area contributed by atoms with Gasteiger partial charge >= 0.3 is 6.09 Å². The molecule has 7 nitrogen and oxygen atoms in total. The van der Waals surface area contributed by atoms with Gasteiger partial charge in [-0.1, -0.05) is 0 Å². The van der Waals surface area contributed by atoms with Crippen molar-refractivity contribution in [2.75, 3.05) is 0 Å². The maximum atomic E-state index is 10.1. The molecule has 1 rings (SSSR count). The van der Waals surface area contributed by atoms with Crippen LogP contribution >= 0.6 is 0 Å². The number of carbonyl (C=O) groups is 2. The minimum absolute atomic E-state index is 0.258. The van der Waals surface area contributed by atoms with Crippen LogP contribution in [0.1, 0.15) is 10.6 Å². The second kappa shape index (κ2) is 2.21. The van der Waals surface area contributed by atoms with E-state index in [1.807, 2.05) is 0 Å². The van der Waals surface area contributed by atoms with Crippen molar-refractivity contribution >= 4 is 12.4 Å². The van der Waals surface area contributed by atoms with E-state index >= 15 is 0 Å². The lowest BCUT2D eigenvalue weighted by molar-refractivity contribution is 0.110. The van der Waals surface area contributed by atoms with E-state index in [-0.39, 0.29) is 12.1 Å². The first kappa shape index (κ1) is 6.33. The van der Waals surface area contributed by atoms with Crippen molar-refractivity contribution < 1.29 is 14.7 Å². The molecule has 0 saturated carbocycles. The molecule has 0 amide bonds. The molecule has 1 heterocycles. The van der Waals surface area contributed by atoms with Gasteiger partial charge in [0.1, 0.15) is 0 Å². The molecule has 0 aromatic carbocycles. The van der Waals surface area contributed by atoms with Crippen molar-refractivity contribution in [1.82, 2.24) is 20.2 Å². The molecule has 52 valence electrons. The van der Waals surface area contributed by atoms with Crippen molar-refractivity contribution in [3.05, 3.63) is 5.82 Å². The second-order valence-electron chi connectivity index (χ2n) is 1.35. The first-order valence-corrected chi connectivity index (χ1v) is 2.22. The Kier molecular flexibility index (Phi) is 1.40. The molecule has 0 bridgehead atoms. The summed E-state index contributed by atoms with van der Waals surface area (Å²) < 4.78 is 0.382. The maximum Gasteiger partial charge on any atom is 0.435 e. The largest absolute Gasteiger partial charge is 0.463 e. The highest BCUT2D eigenvalue weighted by Crippen LogP contribution is 1.84. The monoisotopic (exact) mass is 142 g/mol. The molecule has 1 N–H and O–H groups in total. The van der Waals surface area contributed by atoms with Crippen LogP contribution in [0.5, 0.6) is 0 Å². The molecule has 0 aliphatic heterocycles. The number of hydrogen-bond donors (Lipinski definition) is 1. The Balaban J connectivity index is 3.13. The van der Waals surface area contributed by atoms with E-state index in [0.29, 0.717) is 4.68 Å². The van der Waals surface area contributed by atoms with Crippen molar-refractivity contribution in [1.29, 1.82) is 0 Å². The van der Waals surface area contributed by atoms with Crippen LogP contribution in [0.2, 0.25) is 0 Å². The molecule has 0 aliphatic rings. The Morgan fingerprint density at radius 1 is 1.70 bits per heavy atom. The molecule has 7 heteroatoms. The third-order valence-corrected chi connectivity index (χ3v) is 0.780. The molecule has 1 aromatic heterocycles. The highest BCUT2D eigenvalue weighted by Gasteiger charge is 2.09. The molecule has 0 fully saturated rings. The average molecular weight is 142 g/mol. The van der Waals surface area contributed by atoms with E-state index in [0.717, 1.165) is 0 Å². The molecule has 0 spiro atoms. The average Bonchev–Trinajstić information content (AvgIpc) is 2.33. The van der Waals surface area contributed by atoms with Gasteiger partial charge in [0.25, 0.3) is 0 Å². The Hall–Kier alpha value is -1.79. The lowest BCUT2D eigenvalue weighted by atomic mass is 10.7. The Morgan fingerprint density at radius 2 is 2.40 bits per heavy atom. The molecule has 1 aromatic rings. The van der Waals surface area contributed by atoms with Crippen molar-refractivity contribution in [3.63, 3.8) is 0 Å². The molecule has 0 unspecified atom stereocenters. The van der Waals surface area contributed by atoms with E-state index in [4.69, 9.17) is 5.11 Å². The van der Waals surface area contributed by atoms with E-state index in [9.17, 15) is 9.59 Å². The second-order valence-corrected chi connectivity index (χ2v) is 1.35. The zero-order valence-corrected chi connectivity index (χ0v) is 4.63. The Bertz CT molecular complexity index is 266. The zero-order valence-electron chi connectivity index (χ0n) is 4.63. The fourth-order valence-electron chi connectivity index (χ4n) is 0.404. The highest BCUT2D eigenvalue weighted by atomic mass is 16.4. The minimum Gasteiger partial charge on any atom is -0.463 e. The van der Waals surface area contributed by atoms with Crippen LogP contribution in [0.4, 0.5) is 4.79 Å². The first-order valence-electron chi connectivity index (χ1n) is 2.22. The minimum atomic E-state index is -1.38. The van der Waals surface area contributed by atoms with Gasteiger partial charge in [-0.25, -0.2) is 4.79 Å². The highest BCUT2D eigenvalue weighted by molar-refractivity contribution is 5.77. The zero-order chi connectivity index (χ0) is 7.56. The SMILES string of the molecule is O=Cc1nnnn1C(=O)O. The summed E-state index contributed by atoms with van der Waals surface area (Å²) in [7, 11) is 0. The van der Waals surface area contributed by atoms with Gasteiger partial charge in [0.05, 0.1) is 0 Å². The van der Waals surface area contributed by atoms with Crippen molar-refractivity contribution in [2.24, 2.45) is 0 Å². The summed E-state index contributed by atoms with van der Waals surface area (Å²) in [5, 5.41) is 17.3. The molecular weight excluding hydrogens is 140 g/mol. The maximum absolute atomic E-state index is 10.1. The summed E-state index contributed by atoms with van der Waals surface area (Å²) in [6, 6.07) is 0. The summed E-state index contributed by atoms with van der Waals surface area (Å²) in [5.74, 6) is -0.326. The normalized spacial score (nSPS) is 9.20. The number of rotatable bonds is 1. The van der Waals surface area contributed by atoms with Crippen LogP contribution in [0.25, 0.3) is 0 Å². The lowest BCUT2D eigenvalue weighted by Crippen LogP contribution is -2.13. The van der Waals surface area contributed by atoms with Gasteiger partial charge in [0.2, 0.25) is 5.82 Å². The molecule has 0 saturated heterocycles. The summed E-state index contributed by atoms with van der Waals surface area (Å²) in [5.41, 5.74) is 0. The molecule has 0 aliphatic carbocycles. The molecule has 0 radical (unpaired) electrons. The number of carboxylic acid groups (broad SMARTS) is 1. The number of carbonyl (C=O) groups excluding carboxylic acids is 1. The van der Waals surface area contributed by atoms with E-state index in [1.165, 1.54) is 0 Å². The smallest absolute Gasteiger partial charge is 0.435 e. The van der Waals surface area contributed by atoms with Gasteiger partial charge in [-0.2, -0.15) is 0 Å². The van der Waals surface area contributed by atoms with Gasteiger partial charge in [-0.15, -0.1) is 9.78 Å². The van der Waals surface area contributed by atoms with Crippen LogP contribution in [0.15, 0.2) is 0 Å². The van der Waals surface area contributed by atoms with Crippen molar-refractivity contribution in [3.8, 4) is 0 Å². The lowest BCUT2D eigenvalue weighted by Gasteiger charge is -1.86. The number of nitrogens with zero attached hydrogens (tertiary/aromatic N) is 4. The third kappa shape index (κ3) is 0.835. The summed E-state index contributed by atoms with van der Waals surface area (Å²) in [4.78, 5) is 20.1. The summed E-state index contributed by atoms with van der Waals surface area (Å²) in [6.07, 6.45) is -1.12. The molecule has 10 heavy (non-hydrogen) atoms. The predicted octanol–water partition coefficient (Wildman–Crippen LogP) is -0.988. The van der Waals surface area contributed by atoms with Crippen LogP contribution < -0.4 is 0 Å². The Morgan fingerprint density at radius 3 is 2.80 bits per heavy atom. The quantitative estimate of drug-likeness (QED) is 0.399. The van der Waals surface area contributed by atoms with E-state index < -0.39 is 6.09 Å². The molecular formula is C3H2N4O3. The van der Waals surface area contributed by atoms with Crippen LogP contribution in [0.3, 0.4) is 0 Å². The summed E-state index contributed by atoms with van der Waals surface area (Å²) in [6.45, 7) is 0. The van der Waals surface area contributed by atoms with Crippen LogP contribution in [-0.2, 0) is 0 Å². The van der Waals surface area contributed by atoms with Gasteiger partial charge in [0.15, 0.2) is 6.29 Å². The van der Waals surface area contributed by atoms with Gasteiger partial charge in [-0.05, 0) is 10.4 Å². The number of aldehydes is 1. The van der Waals surface area contributed by atoms with Gasteiger partial charge in [0, 0.05) is 0 Å². The van der Waals surface area contributed by atoms with Crippen molar-refractivity contribution in [2.45, 2.75) is 0 Å². The fraction of sp³-hybridized carbons (Fsp3) is 0. The summed E-state index contributed by atoms with van der Waals surface area (Å²) >= 11 is 0. The number of aromatic nitrogens is 4.